The van der Waals surface area contributed by atoms with Crippen molar-refractivity contribution in [3.05, 3.63) is 64.2 Å². The van der Waals surface area contributed by atoms with E-state index in [-0.39, 0.29) is 5.56 Å². The highest BCUT2D eigenvalue weighted by Gasteiger charge is 2.10. The number of ether oxygens (including phenoxy) is 1. The fraction of sp³-hybridized carbons (Fsp3) is 0.222. The molecule has 0 aliphatic carbocycles. The van der Waals surface area contributed by atoms with Crippen molar-refractivity contribution in [2.24, 2.45) is 4.99 Å². The molecule has 2 aromatic carbocycles. The van der Waals surface area contributed by atoms with Gasteiger partial charge in [0.25, 0.3) is 5.91 Å². The van der Waals surface area contributed by atoms with Crippen LogP contribution in [0.4, 0.5) is 4.39 Å². The van der Waals surface area contributed by atoms with Crippen LogP contribution in [-0.2, 0) is 11.3 Å². The molecule has 0 fully saturated rings. The van der Waals surface area contributed by atoms with Crippen LogP contribution in [-0.4, -0.2) is 24.2 Å². The van der Waals surface area contributed by atoms with Crippen molar-refractivity contribution in [3.8, 4) is 0 Å². The lowest BCUT2D eigenvalue weighted by Gasteiger charge is -2.04. The molecule has 3 aromatic rings. The first-order valence-corrected chi connectivity index (χ1v) is 8.33. The van der Waals surface area contributed by atoms with Gasteiger partial charge in [0.2, 0.25) is 0 Å². The third-order valence-corrected chi connectivity index (χ3v) is 4.67. The summed E-state index contributed by atoms with van der Waals surface area (Å²) in [4.78, 5) is 17.2. The maximum atomic E-state index is 13.3. The summed E-state index contributed by atoms with van der Waals surface area (Å²) in [5.41, 5.74) is 2.39. The van der Waals surface area contributed by atoms with Crippen molar-refractivity contribution in [1.82, 2.24) is 4.57 Å². The maximum absolute atomic E-state index is 13.3. The van der Waals surface area contributed by atoms with Gasteiger partial charge in [-0.3, -0.25) is 4.79 Å². The number of nitrogens with zero attached hydrogens (tertiary/aromatic N) is 2. The van der Waals surface area contributed by atoms with Crippen LogP contribution in [0.3, 0.4) is 0 Å². The fourth-order valence-corrected chi connectivity index (χ4v) is 3.59. The van der Waals surface area contributed by atoms with E-state index in [1.54, 1.807) is 13.2 Å². The van der Waals surface area contributed by atoms with E-state index in [1.807, 2.05) is 23.6 Å². The van der Waals surface area contributed by atoms with Gasteiger partial charge in [0.1, 0.15) is 5.82 Å². The van der Waals surface area contributed by atoms with Crippen molar-refractivity contribution in [1.29, 1.82) is 0 Å². The number of carbonyl (C=O) groups excluding carboxylic acids is 1. The standard InChI is InChI=1S/C18H17FN2O2S/c1-12-6-7-15-16(10-12)24-18(21(15)8-9-23-2)20-17(22)13-4-3-5-14(19)11-13/h3-7,10-11H,8-9H2,1-2H3. The van der Waals surface area contributed by atoms with E-state index in [9.17, 15) is 9.18 Å². The van der Waals surface area contributed by atoms with Crippen molar-refractivity contribution >= 4 is 27.5 Å². The molecule has 1 amide bonds. The average Bonchev–Trinajstić information content (AvgIpc) is 2.89. The normalized spacial score (nSPS) is 12.0. The topological polar surface area (TPSA) is 43.6 Å². The minimum Gasteiger partial charge on any atom is -0.383 e. The molecule has 0 unspecified atom stereocenters. The van der Waals surface area contributed by atoms with Gasteiger partial charge in [-0.25, -0.2) is 4.39 Å². The van der Waals surface area contributed by atoms with E-state index in [4.69, 9.17) is 4.74 Å². The van der Waals surface area contributed by atoms with E-state index in [0.717, 1.165) is 15.8 Å². The number of methoxy groups -OCH3 is 1. The van der Waals surface area contributed by atoms with Crippen LogP contribution < -0.4 is 4.80 Å². The van der Waals surface area contributed by atoms with Crippen molar-refractivity contribution < 1.29 is 13.9 Å². The summed E-state index contributed by atoms with van der Waals surface area (Å²) in [6.45, 7) is 3.13. The van der Waals surface area contributed by atoms with E-state index in [1.165, 1.54) is 29.5 Å². The summed E-state index contributed by atoms with van der Waals surface area (Å²) in [5, 5.41) is 0. The van der Waals surface area contributed by atoms with E-state index in [0.29, 0.717) is 18.0 Å². The number of carbonyl (C=O) groups is 1. The first-order valence-electron chi connectivity index (χ1n) is 7.52. The number of hydrogen-bond acceptors (Lipinski definition) is 3. The predicted octanol–water partition coefficient (Wildman–Crippen LogP) is 3.54. The van der Waals surface area contributed by atoms with Gasteiger partial charge >= 0.3 is 0 Å². The molecule has 124 valence electrons. The molecule has 4 nitrogen and oxygen atoms in total. The zero-order valence-corrected chi connectivity index (χ0v) is 14.3. The predicted molar refractivity (Wildman–Crippen MR) is 92.7 cm³/mol. The zero-order chi connectivity index (χ0) is 17.1. The number of thiazole rings is 1. The molecule has 0 bridgehead atoms. The maximum Gasteiger partial charge on any atom is 0.279 e. The smallest absolute Gasteiger partial charge is 0.279 e. The summed E-state index contributed by atoms with van der Waals surface area (Å²) < 4.78 is 21.5. The highest BCUT2D eigenvalue weighted by Crippen LogP contribution is 2.19. The molecular formula is C18H17FN2O2S. The Bertz CT molecular complexity index is 959. The van der Waals surface area contributed by atoms with Crippen molar-refractivity contribution in [3.63, 3.8) is 0 Å². The van der Waals surface area contributed by atoms with E-state index in [2.05, 4.69) is 11.1 Å². The number of rotatable bonds is 4. The first-order chi connectivity index (χ1) is 11.6. The highest BCUT2D eigenvalue weighted by atomic mass is 32.1. The molecule has 0 radical (unpaired) electrons. The summed E-state index contributed by atoms with van der Waals surface area (Å²) >= 11 is 1.44. The largest absolute Gasteiger partial charge is 0.383 e. The molecule has 6 heteroatoms. The Balaban J connectivity index is 2.11. The molecule has 0 saturated carbocycles. The van der Waals surface area contributed by atoms with Crippen LogP contribution in [0, 0.1) is 12.7 Å². The summed E-state index contributed by atoms with van der Waals surface area (Å²) in [5.74, 6) is -0.904. The molecule has 0 atom stereocenters. The SMILES string of the molecule is COCCn1c(=NC(=O)c2cccc(F)c2)sc2cc(C)ccc21. The van der Waals surface area contributed by atoms with Gasteiger partial charge in [-0.2, -0.15) is 4.99 Å². The Hall–Kier alpha value is -2.31. The van der Waals surface area contributed by atoms with Gasteiger partial charge in [-0.15, -0.1) is 0 Å². The minimum absolute atomic E-state index is 0.238. The van der Waals surface area contributed by atoms with E-state index < -0.39 is 11.7 Å². The number of halogens is 1. The quantitative estimate of drug-likeness (QED) is 0.727. The van der Waals surface area contributed by atoms with Gasteiger partial charge < -0.3 is 9.30 Å². The van der Waals surface area contributed by atoms with Gasteiger partial charge in [-0.1, -0.05) is 23.5 Å². The highest BCUT2D eigenvalue weighted by molar-refractivity contribution is 7.16. The average molecular weight is 344 g/mol. The molecule has 1 heterocycles. The van der Waals surface area contributed by atoms with Crippen LogP contribution in [0.25, 0.3) is 10.2 Å². The van der Waals surface area contributed by atoms with Gasteiger partial charge in [0.05, 0.1) is 16.8 Å². The Morgan fingerprint density at radius 3 is 2.88 bits per heavy atom. The number of aromatic nitrogens is 1. The molecule has 0 spiro atoms. The number of benzene rings is 2. The first kappa shape index (κ1) is 16.5. The number of aryl methyl sites for hydroxylation is 1. The Morgan fingerprint density at radius 1 is 1.29 bits per heavy atom. The molecular weight excluding hydrogens is 327 g/mol. The monoisotopic (exact) mass is 344 g/mol. The Kier molecular flexibility index (Phi) is 4.87. The molecule has 0 aliphatic rings. The number of fused-ring (bicyclic) bond motifs is 1. The second kappa shape index (κ2) is 7.07. The third kappa shape index (κ3) is 3.44. The van der Waals surface area contributed by atoms with Gasteiger partial charge in [0.15, 0.2) is 4.80 Å². The van der Waals surface area contributed by atoms with Crippen LogP contribution in [0.2, 0.25) is 0 Å². The van der Waals surface area contributed by atoms with Gasteiger partial charge in [-0.05, 0) is 42.8 Å². The molecule has 0 aliphatic heterocycles. The molecule has 24 heavy (non-hydrogen) atoms. The Morgan fingerprint density at radius 2 is 2.12 bits per heavy atom. The zero-order valence-electron chi connectivity index (χ0n) is 13.5. The molecule has 0 N–H and O–H groups in total. The van der Waals surface area contributed by atoms with Crippen LogP contribution in [0.15, 0.2) is 47.5 Å². The third-order valence-electron chi connectivity index (χ3n) is 3.63. The summed E-state index contributed by atoms with van der Waals surface area (Å²) in [7, 11) is 1.63. The number of hydrogen-bond donors (Lipinski definition) is 0. The lowest BCUT2D eigenvalue weighted by Crippen LogP contribution is -2.19. The van der Waals surface area contributed by atoms with Crippen LogP contribution >= 0.6 is 11.3 Å². The molecule has 3 rings (SSSR count). The lowest BCUT2D eigenvalue weighted by molar-refractivity contribution is 0.0997. The Labute approximate surface area is 142 Å². The summed E-state index contributed by atoms with van der Waals surface area (Å²) in [6.07, 6.45) is 0. The second-order valence-electron chi connectivity index (χ2n) is 5.43. The summed E-state index contributed by atoms with van der Waals surface area (Å²) in [6, 6.07) is 11.7. The van der Waals surface area contributed by atoms with Crippen molar-refractivity contribution in [2.75, 3.05) is 13.7 Å². The van der Waals surface area contributed by atoms with Gasteiger partial charge in [0, 0.05) is 19.2 Å². The van der Waals surface area contributed by atoms with Crippen LogP contribution in [0.1, 0.15) is 15.9 Å². The molecule has 0 saturated heterocycles. The molecule has 1 aromatic heterocycles. The van der Waals surface area contributed by atoms with E-state index >= 15 is 0 Å². The van der Waals surface area contributed by atoms with Crippen molar-refractivity contribution in [2.45, 2.75) is 13.5 Å². The van der Waals surface area contributed by atoms with Crippen LogP contribution in [0.5, 0.6) is 0 Å². The second-order valence-corrected chi connectivity index (χ2v) is 6.44. The minimum atomic E-state index is -0.455. The fourth-order valence-electron chi connectivity index (χ4n) is 2.44. The number of amides is 1. The lowest BCUT2D eigenvalue weighted by atomic mass is 10.2.